The summed E-state index contributed by atoms with van der Waals surface area (Å²) in [6.45, 7) is 3.67. The molecule has 0 aromatic heterocycles. The van der Waals surface area contributed by atoms with E-state index in [1.165, 1.54) is 56.4 Å². The highest BCUT2D eigenvalue weighted by molar-refractivity contribution is 5.85. The van der Waals surface area contributed by atoms with E-state index in [1.54, 1.807) is 7.11 Å². The third-order valence-corrected chi connectivity index (χ3v) is 5.24. The number of likely N-dealkylation sites (tertiary alicyclic amines) is 1. The summed E-state index contributed by atoms with van der Waals surface area (Å²) in [7, 11) is 1.74. The van der Waals surface area contributed by atoms with Gasteiger partial charge in [-0.05, 0) is 74.4 Å². The topological polar surface area (TPSA) is 12.5 Å². The van der Waals surface area contributed by atoms with E-state index in [-0.39, 0.29) is 12.4 Å². The summed E-state index contributed by atoms with van der Waals surface area (Å²) in [4.78, 5) is 2.62. The highest BCUT2D eigenvalue weighted by Crippen LogP contribution is 2.23. The highest BCUT2D eigenvalue weighted by Gasteiger charge is 2.18. The number of hydrogen-bond acceptors (Lipinski definition) is 2. The first-order valence-electron chi connectivity index (χ1n) is 9.22. The highest BCUT2D eigenvalue weighted by atomic mass is 35.5. The van der Waals surface area contributed by atoms with Gasteiger partial charge in [0.15, 0.2) is 0 Å². The molecule has 0 saturated carbocycles. The molecule has 2 aromatic rings. The minimum absolute atomic E-state index is 0. The lowest BCUT2D eigenvalue weighted by Gasteiger charge is -2.32. The van der Waals surface area contributed by atoms with Crippen LogP contribution in [-0.4, -0.2) is 31.6 Å². The predicted octanol–water partition coefficient (Wildman–Crippen LogP) is 5.00. The van der Waals surface area contributed by atoms with Gasteiger partial charge in [-0.1, -0.05) is 42.5 Å². The Morgan fingerprint density at radius 1 is 0.920 bits per heavy atom. The van der Waals surface area contributed by atoms with Gasteiger partial charge in [-0.2, -0.15) is 0 Å². The Morgan fingerprint density at radius 2 is 1.64 bits per heavy atom. The molecule has 136 valence electrons. The average molecular weight is 360 g/mol. The van der Waals surface area contributed by atoms with Crippen LogP contribution in [0.25, 0.3) is 0 Å². The van der Waals surface area contributed by atoms with Crippen molar-refractivity contribution in [2.45, 2.75) is 32.1 Å². The monoisotopic (exact) mass is 359 g/mol. The SMILES string of the molecule is COc1cccc(CCN2CCC(CCc3ccccc3)CC2)c1.Cl. The van der Waals surface area contributed by atoms with Crippen molar-refractivity contribution in [3.05, 3.63) is 65.7 Å². The van der Waals surface area contributed by atoms with Gasteiger partial charge in [0, 0.05) is 6.54 Å². The molecule has 0 atom stereocenters. The quantitative estimate of drug-likeness (QED) is 0.689. The minimum atomic E-state index is 0. The zero-order valence-corrected chi connectivity index (χ0v) is 16.0. The second-order valence-electron chi connectivity index (χ2n) is 6.91. The summed E-state index contributed by atoms with van der Waals surface area (Å²) in [5, 5.41) is 0. The molecule has 0 unspecified atom stereocenters. The van der Waals surface area contributed by atoms with Gasteiger partial charge < -0.3 is 9.64 Å². The number of methoxy groups -OCH3 is 1. The van der Waals surface area contributed by atoms with Gasteiger partial charge in [0.05, 0.1) is 7.11 Å². The second-order valence-corrected chi connectivity index (χ2v) is 6.91. The Kier molecular flexibility index (Phi) is 8.30. The molecule has 25 heavy (non-hydrogen) atoms. The van der Waals surface area contributed by atoms with Crippen molar-refractivity contribution in [3.8, 4) is 5.75 Å². The van der Waals surface area contributed by atoms with E-state index in [2.05, 4.69) is 53.4 Å². The van der Waals surface area contributed by atoms with Crippen molar-refractivity contribution < 1.29 is 4.74 Å². The molecular formula is C22H30ClNO. The molecule has 0 radical (unpaired) electrons. The first-order valence-corrected chi connectivity index (χ1v) is 9.22. The van der Waals surface area contributed by atoms with Crippen molar-refractivity contribution in [1.29, 1.82) is 0 Å². The Balaban J connectivity index is 0.00000225. The third kappa shape index (κ3) is 6.37. The predicted molar refractivity (Wildman–Crippen MR) is 108 cm³/mol. The van der Waals surface area contributed by atoms with E-state index >= 15 is 0 Å². The first-order chi connectivity index (χ1) is 11.8. The molecule has 1 saturated heterocycles. The number of nitrogens with zero attached hydrogens (tertiary/aromatic N) is 1. The minimum Gasteiger partial charge on any atom is -0.497 e. The van der Waals surface area contributed by atoms with Gasteiger partial charge in [0.2, 0.25) is 0 Å². The molecule has 1 fully saturated rings. The van der Waals surface area contributed by atoms with Crippen LogP contribution in [0.1, 0.15) is 30.4 Å². The smallest absolute Gasteiger partial charge is 0.119 e. The molecule has 2 nitrogen and oxygen atoms in total. The summed E-state index contributed by atoms with van der Waals surface area (Å²) < 4.78 is 5.31. The maximum Gasteiger partial charge on any atom is 0.119 e. The van der Waals surface area contributed by atoms with E-state index in [0.717, 1.165) is 18.1 Å². The van der Waals surface area contributed by atoms with Gasteiger partial charge >= 0.3 is 0 Å². The number of rotatable bonds is 7. The Hall–Kier alpha value is -1.51. The van der Waals surface area contributed by atoms with Crippen LogP contribution >= 0.6 is 12.4 Å². The third-order valence-electron chi connectivity index (χ3n) is 5.24. The standard InChI is InChI=1S/C22H29NO.ClH/c1-24-22-9-5-8-21(18-22)14-17-23-15-12-20(13-16-23)11-10-19-6-3-2-4-7-19;/h2-9,18,20H,10-17H2,1H3;1H. The van der Waals surface area contributed by atoms with Crippen LogP contribution in [0.15, 0.2) is 54.6 Å². The Labute approximate surface area is 158 Å². The van der Waals surface area contributed by atoms with Crippen molar-refractivity contribution >= 4 is 12.4 Å². The molecule has 0 N–H and O–H groups in total. The van der Waals surface area contributed by atoms with Crippen LogP contribution in [0.5, 0.6) is 5.75 Å². The lowest BCUT2D eigenvalue weighted by atomic mass is 9.90. The Morgan fingerprint density at radius 3 is 2.36 bits per heavy atom. The van der Waals surface area contributed by atoms with Crippen LogP contribution in [0.2, 0.25) is 0 Å². The largest absolute Gasteiger partial charge is 0.497 e. The molecule has 2 aromatic carbocycles. The van der Waals surface area contributed by atoms with Crippen LogP contribution < -0.4 is 4.74 Å². The van der Waals surface area contributed by atoms with Crippen LogP contribution in [-0.2, 0) is 12.8 Å². The second kappa shape index (κ2) is 10.5. The molecule has 0 amide bonds. The van der Waals surface area contributed by atoms with Crippen molar-refractivity contribution in [1.82, 2.24) is 4.90 Å². The van der Waals surface area contributed by atoms with Gasteiger partial charge in [0.1, 0.15) is 5.75 Å². The summed E-state index contributed by atoms with van der Waals surface area (Å²) >= 11 is 0. The van der Waals surface area contributed by atoms with Crippen molar-refractivity contribution in [3.63, 3.8) is 0 Å². The molecule has 3 rings (SSSR count). The number of hydrogen-bond donors (Lipinski definition) is 0. The van der Waals surface area contributed by atoms with E-state index in [0.29, 0.717) is 0 Å². The maximum absolute atomic E-state index is 5.31. The molecule has 0 bridgehead atoms. The number of piperidine rings is 1. The van der Waals surface area contributed by atoms with Crippen molar-refractivity contribution in [2.75, 3.05) is 26.7 Å². The number of ether oxygens (including phenoxy) is 1. The van der Waals surface area contributed by atoms with E-state index in [9.17, 15) is 0 Å². The van der Waals surface area contributed by atoms with Gasteiger partial charge in [-0.3, -0.25) is 0 Å². The van der Waals surface area contributed by atoms with Crippen LogP contribution in [0, 0.1) is 5.92 Å². The zero-order valence-electron chi connectivity index (χ0n) is 15.2. The summed E-state index contributed by atoms with van der Waals surface area (Å²) in [6, 6.07) is 19.4. The van der Waals surface area contributed by atoms with E-state index in [4.69, 9.17) is 4.74 Å². The molecule has 0 spiro atoms. The summed E-state index contributed by atoms with van der Waals surface area (Å²) in [5.41, 5.74) is 2.86. The number of benzene rings is 2. The Bertz CT molecular complexity index is 608. The average Bonchev–Trinajstić information content (AvgIpc) is 2.66. The summed E-state index contributed by atoms with van der Waals surface area (Å²) in [6.07, 6.45) is 6.39. The van der Waals surface area contributed by atoms with Gasteiger partial charge in [0.25, 0.3) is 0 Å². The van der Waals surface area contributed by atoms with Crippen LogP contribution in [0.4, 0.5) is 0 Å². The first kappa shape index (κ1) is 19.8. The lowest BCUT2D eigenvalue weighted by Crippen LogP contribution is -2.35. The fourth-order valence-corrected chi connectivity index (χ4v) is 3.63. The van der Waals surface area contributed by atoms with Crippen LogP contribution in [0.3, 0.4) is 0 Å². The summed E-state index contributed by atoms with van der Waals surface area (Å²) in [5.74, 6) is 1.87. The fourth-order valence-electron chi connectivity index (χ4n) is 3.63. The molecule has 1 heterocycles. The van der Waals surface area contributed by atoms with E-state index in [1.807, 2.05) is 6.07 Å². The van der Waals surface area contributed by atoms with Crippen molar-refractivity contribution in [2.24, 2.45) is 5.92 Å². The molecule has 0 aliphatic carbocycles. The number of halogens is 1. The van der Waals surface area contributed by atoms with Gasteiger partial charge in [-0.15, -0.1) is 12.4 Å². The zero-order chi connectivity index (χ0) is 16.6. The molecule has 1 aliphatic heterocycles. The van der Waals surface area contributed by atoms with Gasteiger partial charge in [-0.25, -0.2) is 0 Å². The lowest BCUT2D eigenvalue weighted by molar-refractivity contribution is 0.181. The fraction of sp³-hybridized carbons (Fsp3) is 0.455. The maximum atomic E-state index is 5.31. The molecule has 3 heteroatoms. The number of aryl methyl sites for hydroxylation is 1. The normalized spacial score (nSPS) is 15.6. The van der Waals surface area contributed by atoms with E-state index < -0.39 is 0 Å². The molecule has 1 aliphatic rings. The molecular weight excluding hydrogens is 330 g/mol.